The third kappa shape index (κ3) is 4.07. The van der Waals surface area contributed by atoms with Crippen LogP contribution >= 0.6 is 27.5 Å². The number of sulfonamides is 1. The first-order valence-corrected chi connectivity index (χ1v) is 8.92. The molecule has 0 spiro atoms. The van der Waals surface area contributed by atoms with Crippen molar-refractivity contribution >= 4 is 43.2 Å². The number of hydrogen-bond acceptors (Lipinski definition) is 4. The molecule has 120 valence electrons. The summed E-state index contributed by atoms with van der Waals surface area (Å²) in [7, 11) is -4.11. The second-order valence-electron chi connectivity index (χ2n) is 4.38. The van der Waals surface area contributed by atoms with Crippen LogP contribution in [0.4, 0.5) is 10.1 Å². The van der Waals surface area contributed by atoms with Gasteiger partial charge in [-0.25, -0.2) is 12.8 Å². The van der Waals surface area contributed by atoms with Crippen molar-refractivity contribution in [3.05, 3.63) is 21.4 Å². The molecule has 0 saturated carbocycles. The van der Waals surface area contributed by atoms with Gasteiger partial charge in [-0.3, -0.25) is 0 Å². The van der Waals surface area contributed by atoms with E-state index in [1.165, 1.54) is 0 Å². The van der Waals surface area contributed by atoms with Gasteiger partial charge >= 0.3 is 0 Å². The summed E-state index contributed by atoms with van der Waals surface area (Å²) in [6.07, 6.45) is 1.36. The van der Waals surface area contributed by atoms with Crippen LogP contribution in [-0.4, -0.2) is 37.5 Å². The number of rotatable bonds is 7. The van der Waals surface area contributed by atoms with Crippen LogP contribution < -0.4 is 5.73 Å². The number of nitrogens with two attached hydrogens (primary N) is 1. The van der Waals surface area contributed by atoms with E-state index in [0.29, 0.717) is 6.42 Å². The fourth-order valence-corrected chi connectivity index (χ4v) is 3.86. The van der Waals surface area contributed by atoms with Crippen LogP contribution in [0.2, 0.25) is 5.02 Å². The van der Waals surface area contributed by atoms with Crippen molar-refractivity contribution in [2.24, 2.45) is 0 Å². The highest BCUT2D eigenvalue weighted by Gasteiger charge is 2.29. The summed E-state index contributed by atoms with van der Waals surface area (Å²) < 4.78 is 40.3. The number of aliphatic hydroxyl groups is 1. The van der Waals surface area contributed by atoms with E-state index in [-0.39, 0.29) is 34.9 Å². The van der Waals surface area contributed by atoms with Crippen LogP contribution in [0.5, 0.6) is 0 Å². The van der Waals surface area contributed by atoms with Gasteiger partial charge < -0.3 is 10.8 Å². The minimum Gasteiger partial charge on any atom is -0.395 e. The summed E-state index contributed by atoms with van der Waals surface area (Å²) in [5.74, 6) is -1.05. The van der Waals surface area contributed by atoms with E-state index in [9.17, 15) is 12.8 Å². The molecule has 1 aromatic rings. The predicted molar refractivity (Wildman–Crippen MR) is 84.3 cm³/mol. The largest absolute Gasteiger partial charge is 0.395 e. The molecule has 0 aliphatic heterocycles. The first-order chi connectivity index (χ1) is 9.77. The highest BCUT2D eigenvalue weighted by atomic mass is 79.9. The number of halogens is 3. The highest BCUT2D eigenvalue weighted by Crippen LogP contribution is 2.35. The smallest absolute Gasteiger partial charge is 0.246 e. The summed E-state index contributed by atoms with van der Waals surface area (Å²) in [4.78, 5) is -0.585. The van der Waals surface area contributed by atoms with Gasteiger partial charge in [0.05, 0.1) is 21.8 Å². The van der Waals surface area contributed by atoms with E-state index in [1.807, 2.05) is 6.92 Å². The van der Waals surface area contributed by atoms with Gasteiger partial charge in [-0.05, 0) is 28.4 Å². The Balaban J connectivity index is 3.34. The van der Waals surface area contributed by atoms with Crippen molar-refractivity contribution in [1.82, 2.24) is 4.31 Å². The molecule has 21 heavy (non-hydrogen) atoms. The van der Waals surface area contributed by atoms with E-state index in [0.717, 1.165) is 16.8 Å². The Morgan fingerprint density at radius 1 is 1.48 bits per heavy atom. The Kier molecular flexibility index (Phi) is 6.86. The lowest BCUT2D eigenvalue weighted by atomic mass is 10.3. The number of benzene rings is 1. The van der Waals surface area contributed by atoms with E-state index in [4.69, 9.17) is 22.4 Å². The predicted octanol–water partition coefficient (Wildman–Crippen LogP) is 2.61. The molecule has 0 bridgehead atoms. The zero-order chi connectivity index (χ0) is 16.2. The van der Waals surface area contributed by atoms with Crippen LogP contribution in [0.15, 0.2) is 15.4 Å². The lowest BCUT2D eigenvalue weighted by molar-refractivity contribution is 0.252. The van der Waals surface area contributed by atoms with Crippen LogP contribution in [0, 0.1) is 5.82 Å². The molecular formula is C12H17BrClFN2O3S. The average Bonchev–Trinajstić information content (AvgIpc) is 2.44. The minimum atomic E-state index is -4.11. The first-order valence-electron chi connectivity index (χ1n) is 6.31. The fraction of sp³-hybridized carbons (Fsp3) is 0.500. The summed E-state index contributed by atoms with van der Waals surface area (Å²) in [5, 5.41) is 9.02. The highest BCUT2D eigenvalue weighted by molar-refractivity contribution is 9.10. The Bertz CT molecular complexity index is 613. The average molecular weight is 404 g/mol. The zero-order valence-electron chi connectivity index (χ0n) is 11.4. The zero-order valence-corrected chi connectivity index (χ0v) is 14.6. The van der Waals surface area contributed by atoms with Gasteiger partial charge in [-0.2, -0.15) is 4.31 Å². The molecule has 0 unspecified atom stereocenters. The lowest BCUT2D eigenvalue weighted by Crippen LogP contribution is -2.35. The third-order valence-corrected chi connectivity index (χ3v) is 6.16. The molecule has 0 saturated heterocycles. The Morgan fingerprint density at radius 3 is 2.62 bits per heavy atom. The lowest BCUT2D eigenvalue weighted by Gasteiger charge is -2.22. The summed E-state index contributed by atoms with van der Waals surface area (Å²) in [5.41, 5.74) is 5.16. The molecule has 0 atom stereocenters. The summed E-state index contributed by atoms with van der Waals surface area (Å²) in [6.45, 7) is 1.62. The Labute approximate surface area is 137 Å². The number of anilines is 1. The molecule has 1 aromatic carbocycles. The normalized spacial score (nSPS) is 12.1. The van der Waals surface area contributed by atoms with Gasteiger partial charge in [0, 0.05) is 13.1 Å². The van der Waals surface area contributed by atoms with Crippen molar-refractivity contribution in [3.63, 3.8) is 0 Å². The number of aliphatic hydroxyl groups excluding tert-OH is 1. The molecular weight excluding hydrogens is 387 g/mol. The molecule has 0 amide bonds. The van der Waals surface area contributed by atoms with Gasteiger partial charge in [0.2, 0.25) is 10.0 Å². The van der Waals surface area contributed by atoms with E-state index < -0.39 is 20.7 Å². The third-order valence-electron chi connectivity index (χ3n) is 2.89. The number of unbranched alkanes of at least 4 members (excludes halogenated alkanes) is 1. The fourth-order valence-electron chi connectivity index (χ4n) is 1.72. The second kappa shape index (κ2) is 7.73. The maximum Gasteiger partial charge on any atom is 0.246 e. The molecule has 0 fully saturated rings. The van der Waals surface area contributed by atoms with Crippen LogP contribution in [0.25, 0.3) is 0 Å². The van der Waals surface area contributed by atoms with Crippen molar-refractivity contribution in [2.45, 2.75) is 24.7 Å². The van der Waals surface area contributed by atoms with Gasteiger partial charge in [-0.15, -0.1) is 0 Å². The quantitative estimate of drug-likeness (QED) is 0.541. The Hall–Kier alpha value is -0.410. The van der Waals surface area contributed by atoms with Crippen LogP contribution in [0.1, 0.15) is 19.8 Å². The number of nitrogens with zero attached hydrogens (tertiary/aromatic N) is 1. The molecule has 0 heterocycles. The summed E-state index contributed by atoms with van der Waals surface area (Å²) in [6, 6.07) is 1.02. The molecule has 0 aromatic heterocycles. The van der Waals surface area contributed by atoms with Crippen molar-refractivity contribution in [1.29, 1.82) is 0 Å². The van der Waals surface area contributed by atoms with E-state index in [1.54, 1.807) is 0 Å². The van der Waals surface area contributed by atoms with Crippen molar-refractivity contribution < 1.29 is 17.9 Å². The molecule has 9 heteroatoms. The minimum absolute atomic E-state index is 0.00640. The van der Waals surface area contributed by atoms with E-state index >= 15 is 0 Å². The van der Waals surface area contributed by atoms with Gasteiger partial charge in [0.15, 0.2) is 5.82 Å². The maximum absolute atomic E-state index is 14.2. The molecule has 5 nitrogen and oxygen atoms in total. The topological polar surface area (TPSA) is 83.6 Å². The van der Waals surface area contributed by atoms with Gasteiger partial charge in [0.25, 0.3) is 0 Å². The molecule has 3 N–H and O–H groups in total. The molecule has 0 radical (unpaired) electrons. The molecule has 0 aliphatic carbocycles. The van der Waals surface area contributed by atoms with Crippen molar-refractivity contribution in [3.8, 4) is 0 Å². The second-order valence-corrected chi connectivity index (χ2v) is 7.49. The standard InChI is InChI=1S/C12H17BrClFN2O3S/c1-2-3-4-17(5-6-18)21(19,20)9-7-8(14)10(13)12(16)11(9)15/h7,18H,2-6,16H2,1H3. The van der Waals surface area contributed by atoms with Gasteiger partial charge in [-0.1, -0.05) is 24.9 Å². The maximum atomic E-state index is 14.2. The first kappa shape index (κ1) is 18.6. The monoisotopic (exact) mass is 402 g/mol. The SMILES string of the molecule is CCCCN(CCO)S(=O)(=O)c1cc(Cl)c(Br)c(N)c1F. The number of hydrogen-bond donors (Lipinski definition) is 2. The molecule has 1 rings (SSSR count). The van der Waals surface area contributed by atoms with Crippen molar-refractivity contribution in [2.75, 3.05) is 25.4 Å². The van der Waals surface area contributed by atoms with E-state index in [2.05, 4.69) is 15.9 Å². The molecule has 0 aliphatic rings. The van der Waals surface area contributed by atoms with Crippen LogP contribution in [0.3, 0.4) is 0 Å². The number of nitrogen functional groups attached to an aromatic ring is 1. The van der Waals surface area contributed by atoms with Gasteiger partial charge in [0.1, 0.15) is 4.90 Å². The Morgan fingerprint density at radius 2 is 2.10 bits per heavy atom. The summed E-state index contributed by atoms with van der Waals surface area (Å²) >= 11 is 8.85. The van der Waals surface area contributed by atoms with Crippen LogP contribution in [-0.2, 0) is 10.0 Å².